The standard InChI is InChI=1S/C16H20Br2O/c17-14-4-2-1-3-11(8-14)7-13-10-15(18)9-12-5-6-19-16(12)13/h9-11,14H,1-8H2. The normalized spacial score (nSPS) is 26.6. The fourth-order valence-electron chi connectivity index (χ4n) is 3.39. The summed E-state index contributed by atoms with van der Waals surface area (Å²) in [5, 5.41) is 0. The average Bonchev–Trinajstić information content (AvgIpc) is 2.73. The lowest BCUT2D eigenvalue weighted by atomic mass is 9.91. The second-order valence-corrected chi connectivity index (χ2v) is 8.05. The van der Waals surface area contributed by atoms with E-state index in [0.717, 1.165) is 18.9 Å². The van der Waals surface area contributed by atoms with E-state index < -0.39 is 0 Å². The molecule has 1 saturated carbocycles. The Morgan fingerprint density at radius 1 is 1.21 bits per heavy atom. The number of halogens is 2. The van der Waals surface area contributed by atoms with E-state index in [9.17, 15) is 0 Å². The smallest absolute Gasteiger partial charge is 0.125 e. The summed E-state index contributed by atoms with van der Waals surface area (Å²) in [6.07, 6.45) is 9.00. The van der Waals surface area contributed by atoms with Gasteiger partial charge in [0.15, 0.2) is 0 Å². The molecule has 1 nitrogen and oxygen atoms in total. The maximum Gasteiger partial charge on any atom is 0.125 e. The topological polar surface area (TPSA) is 9.23 Å². The third-order valence-electron chi connectivity index (χ3n) is 4.30. The number of fused-ring (bicyclic) bond motifs is 1. The van der Waals surface area contributed by atoms with E-state index in [0.29, 0.717) is 4.83 Å². The Morgan fingerprint density at radius 3 is 2.95 bits per heavy atom. The average molecular weight is 388 g/mol. The monoisotopic (exact) mass is 386 g/mol. The Balaban J connectivity index is 1.79. The molecular weight excluding hydrogens is 368 g/mol. The molecule has 2 unspecified atom stereocenters. The summed E-state index contributed by atoms with van der Waals surface area (Å²) in [5.74, 6) is 1.98. The van der Waals surface area contributed by atoms with Gasteiger partial charge in [-0.3, -0.25) is 0 Å². The molecule has 1 fully saturated rings. The van der Waals surface area contributed by atoms with Crippen molar-refractivity contribution in [1.82, 2.24) is 0 Å². The lowest BCUT2D eigenvalue weighted by Gasteiger charge is -2.18. The molecule has 1 heterocycles. The quantitative estimate of drug-likeness (QED) is 0.496. The van der Waals surface area contributed by atoms with Gasteiger partial charge in [0, 0.05) is 15.7 Å². The summed E-state index contributed by atoms with van der Waals surface area (Å²) >= 11 is 7.47. The Bertz CT molecular complexity index is 458. The molecule has 19 heavy (non-hydrogen) atoms. The lowest BCUT2D eigenvalue weighted by molar-refractivity contribution is 0.349. The zero-order chi connectivity index (χ0) is 13.2. The predicted octanol–water partition coefficient (Wildman–Crippen LogP) is 5.27. The molecule has 1 aromatic carbocycles. The van der Waals surface area contributed by atoms with Gasteiger partial charge in [-0.2, -0.15) is 0 Å². The van der Waals surface area contributed by atoms with Crippen molar-refractivity contribution in [1.29, 1.82) is 0 Å². The van der Waals surface area contributed by atoms with Crippen molar-refractivity contribution in [3.8, 4) is 5.75 Å². The lowest BCUT2D eigenvalue weighted by Crippen LogP contribution is -2.09. The molecule has 1 aromatic rings. The minimum Gasteiger partial charge on any atom is -0.493 e. The molecule has 0 aromatic heterocycles. The first-order valence-electron chi connectivity index (χ1n) is 7.30. The van der Waals surface area contributed by atoms with Gasteiger partial charge in [-0.1, -0.05) is 51.1 Å². The second kappa shape index (κ2) is 6.17. The largest absolute Gasteiger partial charge is 0.493 e. The molecule has 3 rings (SSSR count). The fourth-order valence-corrected chi connectivity index (χ4v) is 4.80. The Morgan fingerprint density at radius 2 is 2.05 bits per heavy atom. The van der Waals surface area contributed by atoms with E-state index in [2.05, 4.69) is 44.0 Å². The van der Waals surface area contributed by atoms with Crippen LogP contribution in [0.15, 0.2) is 16.6 Å². The van der Waals surface area contributed by atoms with Gasteiger partial charge in [0.1, 0.15) is 5.75 Å². The molecule has 2 aliphatic rings. The van der Waals surface area contributed by atoms with Crippen LogP contribution in [0.1, 0.15) is 43.2 Å². The van der Waals surface area contributed by atoms with Crippen LogP contribution in [-0.4, -0.2) is 11.4 Å². The maximum atomic E-state index is 5.85. The van der Waals surface area contributed by atoms with Crippen molar-refractivity contribution in [2.24, 2.45) is 5.92 Å². The molecule has 1 aliphatic heterocycles. The number of rotatable bonds is 2. The van der Waals surface area contributed by atoms with Crippen LogP contribution in [0.5, 0.6) is 5.75 Å². The molecule has 0 spiro atoms. The first-order chi connectivity index (χ1) is 9.22. The highest BCUT2D eigenvalue weighted by Crippen LogP contribution is 2.37. The van der Waals surface area contributed by atoms with Crippen LogP contribution < -0.4 is 4.74 Å². The van der Waals surface area contributed by atoms with Crippen molar-refractivity contribution >= 4 is 31.9 Å². The van der Waals surface area contributed by atoms with Crippen LogP contribution >= 0.6 is 31.9 Å². The van der Waals surface area contributed by atoms with E-state index in [1.54, 1.807) is 0 Å². The summed E-state index contributed by atoms with van der Waals surface area (Å²) in [4.78, 5) is 0.709. The van der Waals surface area contributed by atoms with Gasteiger partial charge in [0.2, 0.25) is 0 Å². The van der Waals surface area contributed by atoms with Crippen LogP contribution in [0, 0.1) is 5.92 Å². The minimum atomic E-state index is 0.709. The molecule has 104 valence electrons. The molecule has 0 amide bonds. The van der Waals surface area contributed by atoms with Gasteiger partial charge in [-0.05, 0) is 48.4 Å². The van der Waals surface area contributed by atoms with Crippen LogP contribution in [0.4, 0.5) is 0 Å². The molecule has 0 N–H and O–H groups in total. The van der Waals surface area contributed by atoms with Crippen LogP contribution in [0.25, 0.3) is 0 Å². The van der Waals surface area contributed by atoms with Gasteiger partial charge in [-0.15, -0.1) is 0 Å². The van der Waals surface area contributed by atoms with Gasteiger partial charge in [0.05, 0.1) is 6.61 Å². The number of hydrogen-bond donors (Lipinski definition) is 0. The number of alkyl halides is 1. The number of hydrogen-bond acceptors (Lipinski definition) is 1. The summed E-state index contributed by atoms with van der Waals surface area (Å²) < 4.78 is 7.06. The van der Waals surface area contributed by atoms with E-state index in [-0.39, 0.29) is 0 Å². The van der Waals surface area contributed by atoms with E-state index in [1.807, 2.05) is 0 Å². The first-order valence-corrected chi connectivity index (χ1v) is 9.01. The highest BCUT2D eigenvalue weighted by atomic mass is 79.9. The highest BCUT2D eigenvalue weighted by Gasteiger charge is 2.23. The molecular formula is C16H20Br2O. The Labute approximate surface area is 132 Å². The highest BCUT2D eigenvalue weighted by molar-refractivity contribution is 9.10. The first kappa shape index (κ1) is 13.9. The Kier molecular flexibility index (Phi) is 4.53. The van der Waals surface area contributed by atoms with Crippen molar-refractivity contribution in [2.75, 3.05) is 6.61 Å². The Hall–Kier alpha value is -0.0200. The third-order valence-corrected chi connectivity index (χ3v) is 5.59. The summed E-state index contributed by atoms with van der Waals surface area (Å²) in [5.41, 5.74) is 2.79. The van der Waals surface area contributed by atoms with Gasteiger partial charge < -0.3 is 4.74 Å². The molecule has 0 bridgehead atoms. The van der Waals surface area contributed by atoms with Crippen molar-refractivity contribution in [3.05, 3.63) is 27.7 Å². The molecule has 2 atom stereocenters. The summed E-state index contributed by atoms with van der Waals surface area (Å²) in [6.45, 7) is 0.852. The number of benzene rings is 1. The predicted molar refractivity (Wildman–Crippen MR) is 86.3 cm³/mol. The molecule has 3 heteroatoms. The van der Waals surface area contributed by atoms with Crippen molar-refractivity contribution < 1.29 is 4.74 Å². The van der Waals surface area contributed by atoms with Crippen LogP contribution in [-0.2, 0) is 12.8 Å². The van der Waals surface area contributed by atoms with Crippen LogP contribution in [0.2, 0.25) is 0 Å². The number of ether oxygens (including phenoxy) is 1. The van der Waals surface area contributed by atoms with Crippen molar-refractivity contribution in [3.63, 3.8) is 0 Å². The van der Waals surface area contributed by atoms with E-state index in [4.69, 9.17) is 4.74 Å². The summed E-state index contributed by atoms with van der Waals surface area (Å²) in [6, 6.07) is 4.48. The van der Waals surface area contributed by atoms with Crippen molar-refractivity contribution in [2.45, 2.75) is 49.8 Å². The third kappa shape index (κ3) is 3.36. The fraction of sp³-hybridized carbons (Fsp3) is 0.625. The van der Waals surface area contributed by atoms with E-state index >= 15 is 0 Å². The van der Waals surface area contributed by atoms with Gasteiger partial charge in [-0.25, -0.2) is 0 Å². The maximum absolute atomic E-state index is 5.85. The molecule has 0 radical (unpaired) electrons. The van der Waals surface area contributed by atoms with Crippen LogP contribution in [0.3, 0.4) is 0 Å². The minimum absolute atomic E-state index is 0.709. The van der Waals surface area contributed by atoms with Gasteiger partial charge in [0.25, 0.3) is 0 Å². The SMILES string of the molecule is Brc1cc2c(c(CC3CCCCC(Br)C3)c1)OCC2. The second-order valence-electron chi connectivity index (χ2n) is 5.84. The zero-order valence-corrected chi connectivity index (χ0v) is 14.3. The molecule has 0 saturated heterocycles. The zero-order valence-electron chi connectivity index (χ0n) is 11.1. The van der Waals surface area contributed by atoms with Gasteiger partial charge >= 0.3 is 0 Å². The summed E-state index contributed by atoms with van der Waals surface area (Å²) in [7, 11) is 0. The van der Waals surface area contributed by atoms with E-state index in [1.165, 1.54) is 59.9 Å². The molecule has 1 aliphatic carbocycles.